The van der Waals surface area contributed by atoms with Gasteiger partial charge in [-0.3, -0.25) is 4.79 Å². The lowest BCUT2D eigenvalue weighted by molar-refractivity contribution is -0.126. The van der Waals surface area contributed by atoms with Crippen LogP contribution in [0.4, 0.5) is 4.79 Å². The number of likely N-dealkylation sites (tertiary alicyclic amines) is 1. The molecule has 1 aromatic carbocycles. The zero-order valence-corrected chi connectivity index (χ0v) is 15.2. The first kappa shape index (κ1) is 18.6. The summed E-state index contributed by atoms with van der Waals surface area (Å²) in [7, 11) is 0. The van der Waals surface area contributed by atoms with Crippen LogP contribution in [-0.2, 0) is 16.1 Å². The Kier molecular flexibility index (Phi) is 6.10. The zero-order chi connectivity index (χ0) is 17.7. The summed E-state index contributed by atoms with van der Waals surface area (Å²) in [6, 6.07) is 7.46. The second-order valence-electron chi connectivity index (χ2n) is 7.05. The Hall–Kier alpha value is -1.75. The van der Waals surface area contributed by atoms with Crippen LogP contribution in [0.15, 0.2) is 24.3 Å². The highest BCUT2D eigenvalue weighted by atomic mass is 35.5. The van der Waals surface area contributed by atoms with E-state index in [9.17, 15) is 9.59 Å². The smallest absolute Gasteiger partial charge is 0.410 e. The van der Waals surface area contributed by atoms with Gasteiger partial charge in [0.15, 0.2) is 0 Å². The molecule has 1 N–H and O–H groups in total. The minimum absolute atomic E-state index is 0.0127. The number of halogens is 1. The van der Waals surface area contributed by atoms with Gasteiger partial charge in [-0.05, 0) is 45.2 Å². The summed E-state index contributed by atoms with van der Waals surface area (Å²) in [5.41, 5.74) is 0.402. The Morgan fingerprint density at radius 1 is 1.25 bits per heavy atom. The van der Waals surface area contributed by atoms with E-state index in [4.69, 9.17) is 16.3 Å². The number of nitrogens with zero attached hydrogens (tertiary/aromatic N) is 1. The van der Waals surface area contributed by atoms with Gasteiger partial charge in [-0.15, -0.1) is 0 Å². The van der Waals surface area contributed by atoms with Gasteiger partial charge in [-0.2, -0.15) is 0 Å². The van der Waals surface area contributed by atoms with E-state index < -0.39 is 5.60 Å². The molecule has 1 aliphatic rings. The maximum atomic E-state index is 12.3. The van der Waals surface area contributed by atoms with Gasteiger partial charge in [-0.1, -0.05) is 29.8 Å². The predicted molar refractivity (Wildman–Crippen MR) is 93.8 cm³/mol. The molecule has 1 aliphatic heterocycles. The van der Waals surface area contributed by atoms with Crippen molar-refractivity contribution in [2.45, 2.75) is 45.8 Å². The van der Waals surface area contributed by atoms with Gasteiger partial charge in [0.25, 0.3) is 0 Å². The van der Waals surface area contributed by atoms with Crippen LogP contribution in [0, 0.1) is 5.92 Å². The molecule has 0 bridgehead atoms. The molecule has 5 nitrogen and oxygen atoms in total. The van der Waals surface area contributed by atoms with E-state index in [-0.39, 0.29) is 17.9 Å². The molecule has 0 atom stereocenters. The fourth-order valence-electron chi connectivity index (χ4n) is 2.62. The standard InChI is InChI=1S/C18H25ClN2O3/c1-18(2,3)24-17(23)21-10-8-13(9-11-21)16(22)20-12-14-6-4-5-7-15(14)19/h4-7,13H,8-12H2,1-3H3,(H,20,22). The molecule has 24 heavy (non-hydrogen) atoms. The Morgan fingerprint density at radius 3 is 2.46 bits per heavy atom. The van der Waals surface area contributed by atoms with Gasteiger partial charge in [0, 0.05) is 30.6 Å². The maximum absolute atomic E-state index is 12.3. The quantitative estimate of drug-likeness (QED) is 0.904. The molecule has 1 aromatic rings. The first-order valence-electron chi connectivity index (χ1n) is 8.25. The van der Waals surface area contributed by atoms with Crippen LogP contribution >= 0.6 is 11.6 Å². The van der Waals surface area contributed by atoms with Crippen LogP contribution in [0.5, 0.6) is 0 Å². The molecule has 2 amide bonds. The molecule has 0 spiro atoms. The van der Waals surface area contributed by atoms with Gasteiger partial charge in [0.05, 0.1) is 0 Å². The lowest BCUT2D eigenvalue weighted by Crippen LogP contribution is -2.44. The Labute approximate surface area is 148 Å². The number of amides is 2. The van der Waals surface area contributed by atoms with Crippen molar-refractivity contribution in [3.63, 3.8) is 0 Å². The Bertz CT molecular complexity index is 590. The molecule has 1 heterocycles. The van der Waals surface area contributed by atoms with Crippen molar-refractivity contribution in [2.24, 2.45) is 5.92 Å². The molecule has 0 aromatic heterocycles. The molecular formula is C18H25ClN2O3. The molecule has 0 unspecified atom stereocenters. The number of hydrogen-bond donors (Lipinski definition) is 1. The van der Waals surface area contributed by atoms with Gasteiger partial charge in [0.2, 0.25) is 5.91 Å². The van der Waals surface area contributed by atoms with E-state index in [0.29, 0.717) is 37.5 Å². The fourth-order valence-corrected chi connectivity index (χ4v) is 2.82. The summed E-state index contributed by atoms with van der Waals surface area (Å²) < 4.78 is 5.36. The SMILES string of the molecule is CC(C)(C)OC(=O)N1CCC(C(=O)NCc2ccccc2Cl)CC1. The van der Waals surface area contributed by atoms with Crippen molar-refractivity contribution >= 4 is 23.6 Å². The van der Waals surface area contributed by atoms with Gasteiger partial charge in [-0.25, -0.2) is 4.79 Å². The number of nitrogens with one attached hydrogen (secondary N) is 1. The molecule has 2 rings (SSSR count). The maximum Gasteiger partial charge on any atom is 0.410 e. The third kappa shape index (κ3) is 5.41. The zero-order valence-electron chi connectivity index (χ0n) is 14.5. The summed E-state index contributed by atoms with van der Waals surface area (Å²) in [5.74, 6) is -0.0649. The van der Waals surface area contributed by atoms with E-state index in [2.05, 4.69) is 5.32 Å². The van der Waals surface area contributed by atoms with Gasteiger partial charge in [0.1, 0.15) is 5.60 Å². The van der Waals surface area contributed by atoms with E-state index in [1.54, 1.807) is 4.90 Å². The largest absolute Gasteiger partial charge is 0.444 e. The summed E-state index contributed by atoms with van der Waals surface area (Å²) in [6.45, 7) is 7.04. The molecule has 6 heteroatoms. The van der Waals surface area contributed by atoms with Crippen LogP contribution in [-0.4, -0.2) is 35.6 Å². The van der Waals surface area contributed by atoms with Crippen molar-refractivity contribution in [3.05, 3.63) is 34.9 Å². The number of piperidine rings is 1. The average molecular weight is 353 g/mol. The monoisotopic (exact) mass is 352 g/mol. The van der Waals surface area contributed by atoms with E-state index in [1.165, 1.54) is 0 Å². The second kappa shape index (κ2) is 7.88. The number of benzene rings is 1. The van der Waals surface area contributed by atoms with Gasteiger partial charge < -0.3 is 15.0 Å². The molecule has 1 saturated heterocycles. The van der Waals surface area contributed by atoms with Crippen molar-refractivity contribution in [3.8, 4) is 0 Å². The molecule has 1 fully saturated rings. The highest BCUT2D eigenvalue weighted by Gasteiger charge is 2.29. The lowest BCUT2D eigenvalue weighted by Gasteiger charge is -2.32. The number of carbonyl (C=O) groups excluding carboxylic acids is 2. The van der Waals surface area contributed by atoms with E-state index in [0.717, 1.165) is 5.56 Å². The third-order valence-electron chi connectivity index (χ3n) is 3.93. The molecule has 0 aliphatic carbocycles. The van der Waals surface area contributed by atoms with Crippen LogP contribution in [0.1, 0.15) is 39.2 Å². The van der Waals surface area contributed by atoms with Crippen LogP contribution in [0.25, 0.3) is 0 Å². The highest BCUT2D eigenvalue weighted by Crippen LogP contribution is 2.20. The number of hydrogen-bond acceptors (Lipinski definition) is 3. The van der Waals surface area contributed by atoms with E-state index >= 15 is 0 Å². The molecular weight excluding hydrogens is 328 g/mol. The number of carbonyl (C=O) groups is 2. The van der Waals surface area contributed by atoms with Crippen molar-refractivity contribution in [1.82, 2.24) is 10.2 Å². The molecule has 0 radical (unpaired) electrons. The van der Waals surface area contributed by atoms with E-state index in [1.807, 2.05) is 45.0 Å². The lowest BCUT2D eigenvalue weighted by atomic mass is 9.96. The summed E-state index contributed by atoms with van der Waals surface area (Å²) in [6.07, 6.45) is 0.985. The first-order valence-corrected chi connectivity index (χ1v) is 8.63. The van der Waals surface area contributed by atoms with Crippen LogP contribution in [0.3, 0.4) is 0 Å². The van der Waals surface area contributed by atoms with Crippen LogP contribution in [0.2, 0.25) is 5.02 Å². The minimum Gasteiger partial charge on any atom is -0.444 e. The fraction of sp³-hybridized carbons (Fsp3) is 0.556. The minimum atomic E-state index is -0.500. The molecule has 132 valence electrons. The normalized spacial score (nSPS) is 15.9. The second-order valence-corrected chi connectivity index (χ2v) is 7.46. The summed E-state index contributed by atoms with van der Waals surface area (Å²) in [5, 5.41) is 3.58. The Morgan fingerprint density at radius 2 is 1.88 bits per heavy atom. The van der Waals surface area contributed by atoms with Crippen molar-refractivity contribution in [2.75, 3.05) is 13.1 Å². The van der Waals surface area contributed by atoms with Crippen molar-refractivity contribution < 1.29 is 14.3 Å². The number of rotatable bonds is 3. The summed E-state index contributed by atoms with van der Waals surface area (Å²) >= 11 is 6.09. The first-order chi connectivity index (χ1) is 11.3. The topological polar surface area (TPSA) is 58.6 Å². The van der Waals surface area contributed by atoms with Crippen molar-refractivity contribution in [1.29, 1.82) is 0 Å². The van der Waals surface area contributed by atoms with Gasteiger partial charge >= 0.3 is 6.09 Å². The predicted octanol–water partition coefficient (Wildman–Crippen LogP) is 3.60. The number of ether oxygens (including phenoxy) is 1. The average Bonchev–Trinajstić information content (AvgIpc) is 2.52. The van der Waals surface area contributed by atoms with Crippen LogP contribution < -0.4 is 5.32 Å². The third-order valence-corrected chi connectivity index (χ3v) is 4.30. The molecule has 0 saturated carbocycles. The highest BCUT2D eigenvalue weighted by molar-refractivity contribution is 6.31. The summed E-state index contributed by atoms with van der Waals surface area (Å²) in [4.78, 5) is 26.0. The Balaban J connectivity index is 1.78.